The fraction of sp³-hybridized carbons (Fsp3) is 0.526. The molecule has 4 rings (SSSR count). The molecule has 0 aliphatic carbocycles. The van der Waals surface area contributed by atoms with Gasteiger partial charge in [-0.15, -0.1) is 5.10 Å². The number of ether oxygens (including phenoxy) is 1. The lowest BCUT2D eigenvalue weighted by molar-refractivity contribution is 0.0809. The topological polar surface area (TPSA) is 101 Å². The molecule has 1 aromatic carbocycles. The van der Waals surface area contributed by atoms with Crippen LogP contribution in [-0.2, 0) is 6.42 Å². The number of halogens is 2. The quantitative estimate of drug-likeness (QED) is 0.720. The third-order valence-electron chi connectivity index (χ3n) is 5.32. The molecule has 156 valence electrons. The lowest BCUT2D eigenvalue weighted by Crippen LogP contribution is -2.49. The fourth-order valence-electron chi connectivity index (χ4n) is 3.77. The van der Waals surface area contributed by atoms with E-state index in [9.17, 15) is 18.7 Å². The molecule has 0 radical (unpaired) electrons. The number of aromatic nitrogens is 3. The minimum absolute atomic E-state index is 0.0127. The van der Waals surface area contributed by atoms with E-state index in [1.165, 1.54) is 0 Å². The predicted molar refractivity (Wildman–Crippen MR) is 99.6 cm³/mol. The van der Waals surface area contributed by atoms with E-state index >= 15 is 0 Å². The zero-order valence-corrected chi connectivity index (χ0v) is 16.2. The molecule has 3 heterocycles. The second kappa shape index (κ2) is 7.58. The van der Waals surface area contributed by atoms with Gasteiger partial charge in [0.1, 0.15) is 42.0 Å². The Balaban J connectivity index is 1.50. The summed E-state index contributed by atoms with van der Waals surface area (Å²) in [6.45, 7) is 4.02. The van der Waals surface area contributed by atoms with Gasteiger partial charge >= 0.3 is 0 Å². The summed E-state index contributed by atoms with van der Waals surface area (Å²) in [5.41, 5.74) is -0.161. The molecule has 0 spiro atoms. The summed E-state index contributed by atoms with van der Waals surface area (Å²) >= 11 is 0. The van der Waals surface area contributed by atoms with Crippen LogP contribution in [0.25, 0.3) is 0 Å². The molecule has 2 aliphatic rings. The predicted octanol–water partition coefficient (Wildman–Crippen LogP) is 2.01. The Morgan fingerprint density at radius 3 is 2.97 bits per heavy atom. The number of hydrogen-bond acceptors (Lipinski definition) is 6. The Labute approximate surface area is 166 Å². The molecule has 2 aromatic rings. The van der Waals surface area contributed by atoms with Crippen LogP contribution in [0.3, 0.4) is 0 Å². The number of nitrogens with one attached hydrogen (secondary N) is 2. The summed E-state index contributed by atoms with van der Waals surface area (Å²) in [4.78, 5) is 17.0. The average Bonchev–Trinajstić information content (AvgIpc) is 3.04. The number of hydrogen-bond donors (Lipinski definition) is 3. The molecule has 3 atom stereocenters. The summed E-state index contributed by atoms with van der Waals surface area (Å²) < 4.78 is 34.6. The molecule has 1 unspecified atom stereocenters. The highest BCUT2D eigenvalue weighted by molar-refractivity contribution is 5.90. The highest BCUT2D eigenvalue weighted by Gasteiger charge is 2.32. The van der Waals surface area contributed by atoms with Gasteiger partial charge in [-0.3, -0.25) is 4.79 Å². The Bertz CT molecular complexity index is 933. The van der Waals surface area contributed by atoms with Crippen LogP contribution in [0.2, 0.25) is 0 Å². The number of benzene rings is 1. The van der Waals surface area contributed by atoms with Gasteiger partial charge in [0, 0.05) is 18.6 Å². The van der Waals surface area contributed by atoms with Crippen molar-refractivity contribution in [1.82, 2.24) is 20.1 Å². The molecule has 1 aromatic heterocycles. The molecule has 10 heteroatoms. The zero-order valence-electron chi connectivity index (χ0n) is 16.2. The molecule has 29 heavy (non-hydrogen) atoms. The Hall–Kier alpha value is -2.75. The first kappa shape index (κ1) is 19.6. The largest absolute Gasteiger partial charge is 0.489 e. The number of fused-ring (bicyclic) bond motifs is 2. The third-order valence-corrected chi connectivity index (χ3v) is 5.32. The molecule has 2 aliphatic heterocycles. The van der Waals surface area contributed by atoms with E-state index in [4.69, 9.17) is 4.74 Å². The van der Waals surface area contributed by atoms with E-state index in [-0.39, 0.29) is 29.9 Å². The van der Waals surface area contributed by atoms with Gasteiger partial charge < -0.3 is 20.5 Å². The number of rotatable bonds is 3. The lowest BCUT2D eigenvalue weighted by atomic mass is 9.95. The first-order valence-electron chi connectivity index (χ1n) is 9.66. The highest BCUT2D eigenvalue weighted by Crippen LogP contribution is 2.32. The van der Waals surface area contributed by atoms with Gasteiger partial charge in [0.15, 0.2) is 5.82 Å². The van der Waals surface area contributed by atoms with Crippen LogP contribution < -0.4 is 15.4 Å². The van der Waals surface area contributed by atoms with E-state index < -0.39 is 29.8 Å². The van der Waals surface area contributed by atoms with Gasteiger partial charge in [-0.05, 0) is 18.8 Å². The van der Waals surface area contributed by atoms with Gasteiger partial charge in [0.05, 0.1) is 6.04 Å². The van der Waals surface area contributed by atoms with Crippen molar-refractivity contribution in [2.24, 2.45) is 5.92 Å². The van der Waals surface area contributed by atoms with Crippen LogP contribution in [-0.4, -0.2) is 44.7 Å². The van der Waals surface area contributed by atoms with Crippen molar-refractivity contribution in [3.63, 3.8) is 0 Å². The molecule has 0 saturated carbocycles. The second-order valence-electron chi connectivity index (χ2n) is 7.74. The molecule has 1 amide bonds. The van der Waals surface area contributed by atoms with Crippen molar-refractivity contribution in [3.8, 4) is 5.75 Å². The van der Waals surface area contributed by atoms with Crippen LogP contribution >= 0.6 is 0 Å². The van der Waals surface area contributed by atoms with Crippen LogP contribution in [0.5, 0.6) is 5.75 Å². The molecular weight excluding hydrogens is 384 g/mol. The highest BCUT2D eigenvalue weighted by atomic mass is 19.1. The minimum Gasteiger partial charge on any atom is -0.489 e. The number of aliphatic hydroxyl groups is 1. The number of aliphatic hydroxyl groups excluding tert-OH is 1. The van der Waals surface area contributed by atoms with Crippen molar-refractivity contribution in [3.05, 3.63) is 35.4 Å². The zero-order chi connectivity index (χ0) is 20.7. The van der Waals surface area contributed by atoms with Crippen molar-refractivity contribution in [2.75, 3.05) is 11.9 Å². The average molecular weight is 407 g/mol. The number of anilines is 1. The standard InChI is InChI=1S/C19H23F2N5O3/c1-9(2)13-4-3-5-15-23-17(25-26(13)15)19(28)22-12-8-29-14-7-10(20)6-11(21)16(14)24-18(12)27/h6-7,9,12-13,18,24,27H,3-5,8H2,1-2H3,(H,22,28)/t12-,13-,18?/m0/s1. The summed E-state index contributed by atoms with van der Waals surface area (Å²) in [6, 6.07) is 0.970. The first-order valence-corrected chi connectivity index (χ1v) is 9.66. The summed E-state index contributed by atoms with van der Waals surface area (Å²) in [5.74, 6) is -1.20. The maximum atomic E-state index is 14.0. The number of carbonyl (C=O) groups excluding carboxylic acids is 1. The summed E-state index contributed by atoms with van der Waals surface area (Å²) in [6.07, 6.45) is 1.37. The van der Waals surface area contributed by atoms with E-state index in [1.54, 1.807) is 0 Å². The normalized spacial score (nSPS) is 23.4. The Morgan fingerprint density at radius 2 is 2.21 bits per heavy atom. The maximum absolute atomic E-state index is 14.0. The number of amides is 1. The monoisotopic (exact) mass is 407 g/mol. The Kier molecular flexibility index (Phi) is 5.12. The molecule has 0 saturated heterocycles. The van der Waals surface area contributed by atoms with E-state index in [0.717, 1.165) is 31.2 Å². The van der Waals surface area contributed by atoms with Crippen molar-refractivity contribution < 1.29 is 23.4 Å². The van der Waals surface area contributed by atoms with Crippen LogP contribution in [0, 0.1) is 17.6 Å². The van der Waals surface area contributed by atoms with Gasteiger partial charge in [0.2, 0.25) is 5.82 Å². The first-order chi connectivity index (χ1) is 13.8. The van der Waals surface area contributed by atoms with Crippen LogP contribution in [0.4, 0.5) is 14.5 Å². The van der Waals surface area contributed by atoms with E-state index in [0.29, 0.717) is 12.0 Å². The fourth-order valence-corrected chi connectivity index (χ4v) is 3.77. The number of carbonyl (C=O) groups is 1. The minimum atomic E-state index is -1.35. The number of nitrogens with zero attached hydrogens (tertiary/aromatic N) is 3. The smallest absolute Gasteiger partial charge is 0.291 e. The SMILES string of the molecule is CC(C)[C@@H]1CCCc2nc(C(=O)N[C@H]3COc4cc(F)cc(F)c4NC3O)nn21. The van der Waals surface area contributed by atoms with E-state index in [2.05, 4.69) is 34.6 Å². The van der Waals surface area contributed by atoms with Gasteiger partial charge in [-0.2, -0.15) is 0 Å². The van der Waals surface area contributed by atoms with E-state index in [1.807, 2.05) is 4.68 Å². The lowest BCUT2D eigenvalue weighted by Gasteiger charge is -2.26. The molecule has 8 nitrogen and oxygen atoms in total. The molecular formula is C19H23F2N5O3. The molecule has 0 bridgehead atoms. The summed E-state index contributed by atoms with van der Waals surface area (Å²) in [5, 5.41) is 19.9. The number of aryl methyl sites for hydroxylation is 1. The van der Waals surface area contributed by atoms with Gasteiger partial charge in [-0.25, -0.2) is 18.4 Å². The summed E-state index contributed by atoms with van der Waals surface area (Å²) in [7, 11) is 0. The van der Waals surface area contributed by atoms with Crippen LogP contribution in [0.1, 0.15) is 49.2 Å². The van der Waals surface area contributed by atoms with Crippen molar-refractivity contribution in [2.45, 2.75) is 51.4 Å². The van der Waals surface area contributed by atoms with Crippen molar-refractivity contribution in [1.29, 1.82) is 0 Å². The van der Waals surface area contributed by atoms with Gasteiger partial charge in [-0.1, -0.05) is 13.8 Å². The maximum Gasteiger partial charge on any atom is 0.291 e. The van der Waals surface area contributed by atoms with Crippen LogP contribution in [0.15, 0.2) is 12.1 Å². The molecule has 0 fully saturated rings. The second-order valence-corrected chi connectivity index (χ2v) is 7.74. The van der Waals surface area contributed by atoms with Gasteiger partial charge in [0.25, 0.3) is 5.91 Å². The Morgan fingerprint density at radius 1 is 1.41 bits per heavy atom. The molecule has 3 N–H and O–H groups in total. The van der Waals surface area contributed by atoms with Crippen molar-refractivity contribution >= 4 is 11.6 Å². The third kappa shape index (κ3) is 3.76.